The quantitative estimate of drug-likeness (QED) is 0.730. The Morgan fingerprint density at radius 3 is 2.93 bits per heavy atom. The summed E-state index contributed by atoms with van der Waals surface area (Å²) in [6, 6.07) is 5.33. The maximum absolute atomic E-state index is 3.82. The van der Waals surface area contributed by atoms with Gasteiger partial charge in [0.05, 0.1) is 0 Å². The molecule has 1 saturated carbocycles. The molecule has 1 aromatic heterocycles. The summed E-state index contributed by atoms with van der Waals surface area (Å²) in [4.78, 5) is 1.47. The van der Waals surface area contributed by atoms with E-state index in [0.717, 1.165) is 5.92 Å². The van der Waals surface area contributed by atoms with E-state index < -0.39 is 0 Å². The molecule has 2 heteroatoms. The summed E-state index contributed by atoms with van der Waals surface area (Å²) in [6.45, 7) is 5.98. The number of hydrogen-bond donors (Lipinski definition) is 1. The number of thiophene rings is 1. The normalized spacial score (nSPS) is 20.4. The van der Waals surface area contributed by atoms with E-state index in [1.165, 1.54) is 17.7 Å². The van der Waals surface area contributed by atoms with E-state index in [1.54, 1.807) is 0 Å². The molecule has 0 aromatic carbocycles. The van der Waals surface area contributed by atoms with Crippen LogP contribution >= 0.6 is 11.3 Å². The van der Waals surface area contributed by atoms with Crippen LogP contribution in [0.25, 0.3) is 0 Å². The molecule has 1 N–H and O–H groups in total. The molecule has 1 nitrogen and oxygen atoms in total. The molecule has 0 saturated heterocycles. The Bertz CT molecular complexity index is 287. The molecule has 0 amide bonds. The van der Waals surface area contributed by atoms with Crippen molar-refractivity contribution in [2.45, 2.75) is 31.8 Å². The van der Waals surface area contributed by atoms with Crippen LogP contribution in [0.1, 0.15) is 30.7 Å². The fraction of sp³-hybridized carbons (Fsp3) is 0.500. The fourth-order valence-electron chi connectivity index (χ4n) is 1.70. The highest BCUT2D eigenvalue weighted by molar-refractivity contribution is 7.10. The van der Waals surface area contributed by atoms with Crippen molar-refractivity contribution >= 4 is 11.3 Å². The van der Waals surface area contributed by atoms with Crippen LogP contribution in [0.2, 0.25) is 0 Å². The van der Waals surface area contributed by atoms with Gasteiger partial charge in [0, 0.05) is 17.0 Å². The van der Waals surface area contributed by atoms with Gasteiger partial charge in [0.2, 0.25) is 0 Å². The maximum Gasteiger partial charge on any atom is 0.0447 e. The number of rotatable bonds is 5. The van der Waals surface area contributed by atoms with E-state index in [1.807, 2.05) is 17.4 Å². The van der Waals surface area contributed by atoms with Crippen LogP contribution in [0.5, 0.6) is 0 Å². The smallest absolute Gasteiger partial charge is 0.0447 e. The van der Waals surface area contributed by atoms with Gasteiger partial charge in [0.15, 0.2) is 0 Å². The zero-order chi connectivity index (χ0) is 9.97. The van der Waals surface area contributed by atoms with E-state index in [2.05, 4.69) is 36.3 Å². The highest BCUT2D eigenvalue weighted by atomic mass is 32.1. The molecule has 2 rings (SSSR count). The molecule has 1 aliphatic carbocycles. The fourth-order valence-corrected chi connectivity index (χ4v) is 2.58. The van der Waals surface area contributed by atoms with Gasteiger partial charge in [0.25, 0.3) is 0 Å². The van der Waals surface area contributed by atoms with Gasteiger partial charge in [-0.1, -0.05) is 12.1 Å². The topological polar surface area (TPSA) is 12.0 Å². The Hall–Kier alpha value is -0.600. The van der Waals surface area contributed by atoms with Gasteiger partial charge in [-0.25, -0.2) is 0 Å². The van der Waals surface area contributed by atoms with E-state index in [-0.39, 0.29) is 0 Å². The zero-order valence-electron chi connectivity index (χ0n) is 8.57. The van der Waals surface area contributed by atoms with Gasteiger partial charge >= 0.3 is 0 Å². The second-order valence-corrected chi connectivity index (χ2v) is 5.00. The van der Waals surface area contributed by atoms with Gasteiger partial charge in [-0.05, 0) is 37.1 Å². The summed E-state index contributed by atoms with van der Waals surface area (Å²) in [6.07, 6.45) is 4.72. The average Bonchev–Trinajstić information content (AvgIpc) is 2.89. The van der Waals surface area contributed by atoms with Crippen LogP contribution in [-0.2, 0) is 0 Å². The molecule has 0 bridgehead atoms. The van der Waals surface area contributed by atoms with Gasteiger partial charge in [-0.15, -0.1) is 17.9 Å². The number of hydrogen-bond acceptors (Lipinski definition) is 2. The lowest BCUT2D eigenvalue weighted by Gasteiger charge is -2.20. The second-order valence-electron chi connectivity index (χ2n) is 4.02. The molecule has 1 aliphatic rings. The molecule has 2 atom stereocenters. The molecule has 2 unspecified atom stereocenters. The first-order valence-electron chi connectivity index (χ1n) is 5.23. The molecular weight excluding hydrogens is 190 g/mol. The number of nitrogens with one attached hydrogen (secondary N) is 1. The van der Waals surface area contributed by atoms with E-state index >= 15 is 0 Å². The van der Waals surface area contributed by atoms with Crippen LogP contribution in [0.15, 0.2) is 30.2 Å². The molecule has 0 spiro atoms. The summed E-state index contributed by atoms with van der Waals surface area (Å²) in [5.41, 5.74) is 0. The molecule has 14 heavy (non-hydrogen) atoms. The lowest BCUT2D eigenvalue weighted by Crippen LogP contribution is -2.29. The van der Waals surface area contributed by atoms with Crippen molar-refractivity contribution in [1.29, 1.82) is 0 Å². The second kappa shape index (κ2) is 4.28. The molecule has 1 fully saturated rings. The summed E-state index contributed by atoms with van der Waals surface area (Å²) >= 11 is 1.86. The van der Waals surface area contributed by atoms with Crippen molar-refractivity contribution in [2.24, 2.45) is 5.92 Å². The summed E-state index contributed by atoms with van der Waals surface area (Å²) < 4.78 is 0. The molecule has 76 valence electrons. The SMILES string of the molecule is C=CC(C)NC(c1cccs1)C1CC1. The molecule has 0 radical (unpaired) electrons. The first-order valence-corrected chi connectivity index (χ1v) is 6.11. The minimum Gasteiger partial charge on any atom is -0.303 e. The van der Waals surface area contributed by atoms with Gasteiger partial charge in [-0.3, -0.25) is 0 Å². The van der Waals surface area contributed by atoms with E-state index in [9.17, 15) is 0 Å². The van der Waals surface area contributed by atoms with Crippen molar-refractivity contribution < 1.29 is 0 Å². The molecular formula is C12H17NS. The molecule has 1 heterocycles. The zero-order valence-corrected chi connectivity index (χ0v) is 9.39. The van der Waals surface area contributed by atoms with E-state index in [4.69, 9.17) is 0 Å². The van der Waals surface area contributed by atoms with Gasteiger partial charge in [-0.2, -0.15) is 0 Å². The maximum atomic E-state index is 3.82. The largest absolute Gasteiger partial charge is 0.303 e. The highest BCUT2D eigenvalue weighted by Crippen LogP contribution is 2.42. The summed E-state index contributed by atoms with van der Waals surface area (Å²) in [5.74, 6) is 0.857. The Labute approximate surface area is 89.8 Å². The molecule has 0 aliphatic heterocycles. The van der Waals surface area contributed by atoms with E-state index in [0.29, 0.717) is 12.1 Å². The highest BCUT2D eigenvalue weighted by Gasteiger charge is 2.33. The van der Waals surface area contributed by atoms with Crippen LogP contribution in [0, 0.1) is 5.92 Å². The minimum atomic E-state index is 0.405. The van der Waals surface area contributed by atoms with Crippen LogP contribution < -0.4 is 5.32 Å². The Morgan fingerprint density at radius 1 is 1.64 bits per heavy atom. The molecule has 1 aromatic rings. The van der Waals surface area contributed by atoms with Crippen molar-refractivity contribution in [1.82, 2.24) is 5.32 Å². The predicted molar refractivity (Wildman–Crippen MR) is 62.6 cm³/mol. The van der Waals surface area contributed by atoms with Gasteiger partial charge in [0.1, 0.15) is 0 Å². The minimum absolute atomic E-state index is 0.405. The Kier molecular flexibility index (Phi) is 3.04. The third-order valence-electron chi connectivity index (χ3n) is 2.74. The van der Waals surface area contributed by atoms with Crippen molar-refractivity contribution in [3.05, 3.63) is 35.0 Å². The predicted octanol–water partition coefficient (Wildman–Crippen LogP) is 3.36. The average molecular weight is 207 g/mol. The first kappa shape index (κ1) is 9.94. The van der Waals surface area contributed by atoms with Crippen LogP contribution in [0.3, 0.4) is 0 Å². The summed E-state index contributed by atoms with van der Waals surface area (Å²) in [7, 11) is 0. The third-order valence-corrected chi connectivity index (χ3v) is 3.69. The van der Waals surface area contributed by atoms with Crippen LogP contribution in [0.4, 0.5) is 0 Å². The lowest BCUT2D eigenvalue weighted by molar-refractivity contribution is 0.463. The summed E-state index contributed by atoms with van der Waals surface area (Å²) in [5, 5.41) is 5.78. The van der Waals surface area contributed by atoms with Crippen molar-refractivity contribution in [3.63, 3.8) is 0 Å². The Morgan fingerprint density at radius 2 is 2.43 bits per heavy atom. The van der Waals surface area contributed by atoms with Crippen molar-refractivity contribution in [2.75, 3.05) is 0 Å². The Balaban J connectivity index is 2.04. The van der Waals surface area contributed by atoms with Crippen molar-refractivity contribution in [3.8, 4) is 0 Å². The van der Waals surface area contributed by atoms with Gasteiger partial charge < -0.3 is 5.32 Å². The lowest BCUT2D eigenvalue weighted by atomic mass is 10.1. The van der Waals surface area contributed by atoms with Crippen LogP contribution in [-0.4, -0.2) is 6.04 Å². The third kappa shape index (κ3) is 2.25. The monoisotopic (exact) mass is 207 g/mol. The first-order chi connectivity index (χ1) is 6.81. The standard InChI is InChI=1S/C12H17NS/c1-3-9(2)13-12(10-6-7-10)11-5-4-8-14-11/h3-5,8-10,12-13H,1,6-7H2,2H3.